The first kappa shape index (κ1) is 28.7. The number of amides is 1. The zero-order valence-electron chi connectivity index (χ0n) is 24.9. The molecule has 0 unspecified atom stereocenters. The molecule has 6 rings (SSSR count). The number of ketones is 1. The molecule has 0 radical (unpaired) electrons. The molecule has 3 heterocycles. The van der Waals surface area contributed by atoms with E-state index in [1.54, 1.807) is 24.3 Å². The molecule has 0 bridgehead atoms. The van der Waals surface area contributed by atoms with Crippen molar-refractivity contribution in [3.05, 3.63) is 81.9 Å². The molecule has 0 spiro atoms. The standard InChI is InChI=1S/C34H34N2O6S/c1-6-12-41-25-11-8-21(17-26(25)40-7-2)30-28(31(37)22-9-10-24-23(16-22)15-20(5)42-24)32(38)33(39)36(30)34-35-29-19(4)13-18(3)14-27(29)43-34/h8-11,13-14,16-17,20,30,37H,6-7,12,15H2,1-5H3/t20-,30+/m1/s1. The highest BCUT2D eigenvalue weighted by atomic mass is 32.1. The van der Waals surface area contributed by atoms with Gasteiger partial charge in [0.15, 0.2) is 16.6 Å². The van der Waals surface area contributed by atoms with Gasteiger partial charge in [-0.05, 0) is 92.8 Å². The first-order chi connectivity index (χ1) is 20.7. The summed E-state index contributed by atoms with van der Waals surface area (Å²) in [4.78, 5) is 33.9. The van der Waals surface area contributed by atoms with Crippen LogP contribution in [0.5, 0.6) is 17.2 Å². The minimum atomic E-state index is -0.940. The fraction of sp³-hybridized carbons (Fsp3) is 0.324. The Kier molecular flexibility index (Phi) is 7.60. The first-order valence-corrected chi connectivity index (χ1v) is 15.4. The molecule has 2 aliphatic rings. The smallest absolute Gasteiger partial charge is 0.301 e. The van der Waals surface area contributed by atoms with Crippen LogP contribution in [0.25, 0.3) is 16.0 Å². The average molecular weight is 599 g/mol. The number of aryl methyl sites for hydroxylation is 2. The maximum Gasteiger partial charge on any atom is 0.301 e. The molecular weight excluding hydrogens is 564 g/mol. The Balaban J connectivity index is 1.54. The van der Waals surface area contributed by atoms with E-state index in [1.807, 2.05) is 58.9 Å². The van der Waals surface area contributed by atoms with Gasteiger partial charge >= 0.3 is 5.91 Å². The number of Topliss-reactive ketones (excluding diaryl/α,β-unsaturated/α-hetero) is 1. The number of hydrogen-bond acceptors (Lipinski definition) is 8. The van der Waals surface area contributed by atoms with Gasteiger partial charge in [0, 0.05) is 12.0 Å². The van der Waals surface area contributed by atoms with E-state index in [-0.39, 0.29) is 17.4 Å². The van der Waals surface area contributed by atoms with Gasteiger partial charge in [0.25, 0.3) is 5.78 Å². The van der Waals surface area contributed by atoms with Gasteiger partial charge in [-0.25, -0.2) is 4.98 Å². The summed E-state index contributed by atoms with van der Waals surface area (Å²) < 4.78 is 18.6. The van der Waals surface area contributed by atoms with Gasteiger partial charge in [0.2, 0.25) is 0 Å². The van der Waals surface area contributed by atoms with Gasteiger partial charge < -0.3 is 19.3 Å². The number of hydrogen-bond donors (Lipinski definition) is 1. The van der Waals surface area contributed by atoms with Crippen LogP contribution in [-0.2, 0) is 16.0 Å². The summed E-state index contributed by atoms with van der Waals surface area (Å²) in [5.41, 5.74) is 4.82. The molecule has 3 aromatic carbocycles. The molecule has 0 saturated carbocycles. The number of carbonyl (C=O) groups is 2. The van der Waals surface area contributed by atoms with Crippen LogP contribution in [0.4, 0.5) is 5.13 Å². The Bertz CT molecular complexity index is 1790. The second-order valence-corrected chi connectivity index (χ2v) is 12.0. The monoisotopic (exact) mass is 598 g/mol. The third kappa shape index (κ3) is 5.12. The van der Waals surface area contributed by atoms with Gasteiger partial charge in [0.1, 0.15) is 17.6 Å². The lowest BCUT2D eigenvalue weighted by Crippen LogP contribution is -2.29. The van der Waals surface area contributed by atoms with Crippen LogP contribution in [0.2, 0.25) is 0 Å². The van der Waals surface area contributed by atoms with Gasteiger partial charge in [-0.1, -0.05) is 30.4 Å². The molecule has 8 nitrogen and oxygen atoms in total. The van der Waals surface area contributed by atoms with E-state index in [0.29, 0.717) is 47.4 Å². The molecule has 1 saturated heterocycles. The summed E-state index contributed by atoms with van der Waals surface area (Å²) in [6.07, 6.45) is 1.54. The van der Waals surface area contributed by atoms with E-state index < -0.39 is 17.7 Å². The van der Waals surface area contributed by atoms with Crippen molar-refractivity contribution in [2.24, 2.45) is 0 Å². The van der Waals surface area contributed by atoms with Crippen molar-refractivity contribution in [1.82, 2.24) is 4.98 Å². The van der Waals surface area contributed by atoms with E-state index >= 15 is 0 Å². The van der Waals surface area contributed by atoms with Gasteiger partial charge in [-0.15, -0.1) is 0 Å². The molecule has 9 heteroatoms. The van der Waals surface area contributed by atoms with E-state index in [1.165, 1.54) is 16.2 Å². The topological polar surface area (TPSA) is 98.2 Å². The number of carbonyl (C=O) groups excluding carboxylic acids is 2. The summed E-state index contributed by atoms with van der Waals surface area (Å²) in [5, 5.41) is 12.1. The van der Waals surface area contributed by atoms with Gasteiger partial charge in [-0.2, -0.15) is 0 Å². The Labute approximate surface area is 254 Å². The van der Waals surface area contributed by atoms with Crippen molar-refractivity contribution < 1.29 is 28.9 Å². The number of anilines is 1. The van der Waals surface area contributed by atoms with Crippen molar-refractivity contribution in [2.75, 3.05) is 18.1 Å². The lowest BCUT2D eigenvalue weighted by Gasteiger charge is -2.24. The predicted octanol–water partition coefficient (Wildman–Crippen LogP) is 7.05. The molecule has 1 aromatic heterocycles. The fourth-order valence-electron chi connectivity index (χ4n) is 5.83. The van der Waals surface area contributed by atoms with Crippen LogP contribution in [0.1, 0.15) is 61.1 Å². The number of nitrogens with zero attached hydrogens (tertiary/aromatic N) is 2. The molecule has 0 aliphatic carbocycles. The summed E-state index contributed by atoms with van der Waals surface area (Å²) in [6, 6.07) is 13.8. The average Bonchev–Trinajstić information content (AvgIpc) is 3.64. The molecule has 2 aliphatic heterocycles. The van der Waals surface area contributed by atoms with E-state index in [4.69, 9.17) is 19.2 Å². The number of aliphatic hydroxyl groups excluding tert-OH is 1. The fourth-order valence-corrected chi connectivity index (χ4v) is 6.99. The van der Waals surface area contributed by atoms with Crippen LogP contribution < -0.4 is 19.1 Å². The molecular formula is C34H34N2O6S. The van der Waals surface area contributed by atoms with Crippen LogP contribution >= 0.6 is 11.3 Å². The molecule has 43 heavy (non-hydrogen) atoms. The van der Waals surface area contributed by atoms with Crippen molar-refractivity contribution in [2.45, 2.75) is 59.6 Å². The quantitative estimate of drug-likeness (QED) is 0.132. The number of benzene rings is 3. The lowest BCUT2D eigenvalue weighted by molar-refractivity contribution is -0.132. The summed E-state index contributed by atoms with van der Waals surface area (Å²) >= 11 is 1.35. The maximum absolute atomic E-state index is 13.8. The van der Waals surface area contributed by atoms with E-state index in [0.717, 1.165) is 39.1 Å². The SMILES string of the molecule is CCCOc1ccc([C@H]2C(=C(O)c3ccc4c(c3)C[C@@H](C)O4)C(=O)C(=O)N2c2nc3c(C)cc(C)cc3s2)cc1OCC. The van der Waals surface area contributed by atoms with Crippen LogP contribution in [0, 0.1) is 13.8 Å². The van der Waals surface area contributed by atoms with E-state index in [9.17, 15) is 14.7 Å². The summed E-state index contributed by atoms with van der Waals surface area (Å²) in [5.74, 6) is 0.0592. The van der Waals surface area contributed by atoms with Crippen molar-refractivity contribution >= 4 is 44.1 Å². The van der Waals surface area contributed by atoms with Gasteiger partial charge in [0.05, 0.1) is 35.0 Å². The minimum Gasteiger partial charge on any atom is -0.507 e. The number of ether oxygens (including phenoxy) is 3. The lowest BCUT2D eigenvalue weighted by atomic mass is 9.94. The Hall–Kier alpha value is -4.37. The second-order valence-electron chi connectivity index (χ2n) is 11.0. The second kappa shape index (κ2) is 11.4. The predicted molar refractivity (Wildman–Crippen MR) is 168 cm³/mol. The molecule has 2 atom stereocenters. The summed E-state index contributed by atoms with van der Waals surface area (Å²) in [6.45, 7) is 10.8. The third-order valence-electron chi connectivity index (χ3n) is 7.68. The molecule has 1 N–H and O–H groups in total. The number of aromatic nitrogens is 1. The van der Waals surface area contributed by atoms with Crippen LogP contribution in [0.3, 0.4) is 0 Å². The molecule has 1 amide bonds. The van der Waals surface area contributed by atoms with Gasteiger partial charge in [-0.3, -0.25) is 14.5 Å². The Morgan fingerprint density at radius 2 is 1.88 bits per heavy atom. The Morgan fingerprint density at radius 3 is 2.65 bits per heavy atom. The molecule has 222 valence electrons. The number of aliphatic hydroxyl groups is 1. The van der Waals surface area contributed by atoms with Crippen molar-refractivity contribution in [1.29, 1.82) is 0 Å². The van der Waals surface area contributed by atoms with Crippen molar-refractivity contribution in [3.63, 3.8) is 0 Å². The summed E-state index contributed by atoms with van der Waals surface area (Å²) in [7, 11) is 0. The first-order valence-electron chi connectivity index (χ1n) is 14.6. The van der Waals surface area contributed by atoms with E-state index in [2.05, 4.69) is 0 Å². The highest BCUT2D eigenvalue weighted by molar-refractivity contribution is 7.22. The number of rotatable bonds is 8. The number of fused-ring (bicyclic) bond motifs is 2. The highest BCUT2D eigenvalue weighted by Crippen LogP contribution is 2.46. The van der Waals surface area contributed by atoms with Crippen LogP contribution in [-0.4, -0.2) is 41.1 Å². The zero-order chi connectivity index (χ0) is 30.4. The largest absolute Gasteiger partial charge is 0.507 e. The van der Waals surface area contributed by atoms with Crippen LogP contribution in [0.15, 0.2) is 54.1 Å². The zero-order valence-corrected chi connectivity index (χ0v) is 25.7. The van der Waals surface area contributed by atoms with Crippen molar-refractivity contribution in [3.8, 4) is 17.2 Å². The minimum absolute atomic E-state index is 0.00579. The molecule has 4 aromatic rings. The molecule has 1 fully saturated rings. The third-order valence-corrected chi connectivity index (χ3v) is 8.69. The maximum atomic E-state index is 13.8. The highest BCUT2D eigenvalue weighted by Gasteiger charge is 2.48. The normalized spacial score (nSPS) is 19.1. The Morgan fingerprint density at radius 1 is 1.07 bits per heavy atom. The number of thiazole rings is 1.